The molecule has 32 heavy (non-hydrogen) atoms. The minimum Gasteiger partial charge on any atom is -0.508 e. The number of hydrogen-bond donors (Lipinski definition) is 2. The number of hydrogen-bond acceptors (Lipinski definition) is 5. The zero-order valence-corrected chi connectivity index (χ0v) is 18.0. The van der Waals surface area contributed by atoms with Crippen molar-refractivity contribution in [1.82, 2.24) is 13.7 Å². The van der Waals surface area contributed by atoms with Crippen molar-refractivity contribution in [3.8, 4) is 22.8 Å². The van der Waals surface area contributed by atoms with Crippen LogP contribution in [0.25, 0.3) is 22.2 Å². The molecule has 4 aromatic rings. The molecule has 164 valence electrons. The first-order chi connectivity index (χ1) is 15.3. The molecule has 5 rings (SSSR count). The molecular weight excluding hydrogens is 410 g/mol. The van der Waals surface area contributed by atoms with Gasteiger partial charge in [0.1, 0.15) is 17.6 Å². The van der Waals surface area contributed by atoms with Crippen molar-refractivity contribution < 1.29 is 14.9 Å². The van der Waals surface area contributed by atoms with Gasteiger partial charge in [0, 0.05) is 32.3 Å². The summed E-state index contributed by atoms with van der Waals surface area (Å²) in [6.45, 7) is 2.84. The molecule has 2 N–H and O–H groups in total. The van der Waals surface area contributed by atoms with Gasteiger partial charge in [0.2, 0.25) is 0 Å². The lowest BCUT2D eigenvalue weighted by Gasteiger charge is -2.28. The lowest BCUT2D eigenvalue weighted by atomic mass is 10.0. The largest absolute Gasteiger partial charge is 0.508 e. The van der Waals surface area contributed by atoms with Crippen molar-refractivity contribution in [3.63, 3.8) is 0 Å². The molecule has 1 atom stereocenters. The SMILES string of the molecule is Cc1ccc(-c2c3c(=O)n(C)c(=O)n(C)c3c3n2CCO[C@H]3c2ccc(O)cc2O)cc1. The van der Waals surface area contributed by atoms with Crippen LogP contribution < -0.4 is 11.2 Å². The van der Waals surface area contributed by atoms with Gasteiger partial charge in [-0.2, -0.15) is 0 Å². The van der Waals surface area contributed by atoms with Crippen molar-refractivity contribution in [2.24, 2.45) is 14.1 Å². The van der Waals surface area contributed by atoms with Gasteiger partial charge >= 0.3 is 5.69 Å². The number of fused-ring (bicyclic) bond motifs is 3. The van der Waals surface area contributed by atoms with E-state index in [1.54, 1.807) is 13.1 Å². The maximum absolute atomic E-state index is 13.3. The maximum Gasteiger partial charge on any atom is 0.331 e. The van der Waals surface area contributed by atoms with Crippen molar-refractivity contribution in [1.29, 1.82) is 0 Å². The summed E-state index contributed by atoms with van der Waals surface area (Å²) in [6.07, 6.45) is -0.719. The van der Waals surface area contributed by atoms with E-state index in [4.69, 9.17) is 4.74 Å². The van der Waals surface area contributed by atoms with Crippen molar-refractivity contribution in [2.75, 3.05) is 6.61 Å². The third kappa shape index (κ3) is 2.80. The fraction of sp³-hybridized carbons (Fsp3) is 0.250. The Bertz CT molecular complexity index is 1490. The van der Waals surface area contributed by atoms with Gasteiger partial charge in [-0.15, -0.1) is 0 Å². The molecular formula is C24H23N3O5. The number of rotatable bonds is 2. The first-order valence-electron chi connectivity index (χ1n) is 10.3. The highest BCUT2D eigenvalue weighted by atomic mass is 16.5. The Hall–Kier alpha value is -3.78. The van der Waals surface area contributed by atoms with Gasteiger partial charge < -0.3 is 19.5 Å². The number of phenolic OH excluding ortho intramolecular Hbond substituents is 2. The second kappa shape index (κ2) is 7.13. The molecule has 0 saturated carbocycles. The molecule has 0 bridgehead atoms. The summed E-state index contributed by atoms with van der Waals surface area (Å²) in [5.74, 6) is -0.188. The van der Waals surface area contributed by atoms with E-state index in [1.807, 2.05) is 35.8 Å². The van der Waals surface area contributed by atoms with Crippen LogP contribution in [0.5, 0.6) is 11.5 Å². The van der Waals surface area contributed by atoms with E-state index < -0.39 is 11.8 Å². The summed E-state index contributed by atoms with van der Waals surface area (Å²) < 4.78 is 10.6. The Labute approximate surface area is 183 Å². The summed E-state index contributed by atoms with van der Waals surface area (Å²) in [7, 11) is 3.10. The van der Waals surface area contributed by atoms with E-state index in [2.05, 4.69) is 0 Å². The number of benzene rings is 2. The quantitative estimate of drug-likeness (QED) is 0.506. The van der Waals surface area contributed by atoms with Crippen LogP contribution >= 0.6 is 0 Å². The van der Waals surface area contributed by atoms with Crippen LogP contribution in [0.1, 0.15) is 22.9 Å². The molecule has 0 aliphatic carbocycles. The molecule has 1 aliphatic rings. The van der Waals surface area contributed by atoms with E-state index in [-0.39, 0.29) is 17.1 Å². The summed E-state index contributed by atoms with van der Waals surface area (Å²) in [6, 6.07) is 12.2. The zero-order chi connectivity index (χ0) is 22.7. The van der Waals surface area contributed by atoms with Gasteiger partial charge in [0.25, 0.3) is 5.56 Å². The van der Waals surface area contributed by atoms with Gasteiger partial charge in [0.15, 0.2) is 0 Å². The maximum atomic E-state index is 13.3. The van der Waals surface area contributed by atoms with Crippen LogP contribution in [0.3, 0.4) is 0 Å². The van der Waals surface area contributed by atoms with Crippen molar-refractivity contribution >= 4 is 10.9 Å². The Morgan fingerprint density at radius 1 is 1.00 bits per heavy atom. The normalized spacial score (nSPS) is 15.8. The lowest BCUT2D eigenvalue weighted by molar-refractivity contribution is 0.0464. The minimum absolute atomic E-state index is 0.0658. The molecule has 0 radical (unpaired) electrons. The van der Waals surface area contributed by atoms with Crippen LogP contribution in [0.15, 0.2) is 52.1 Å². The number of ether oxygens (including phenoxy) is 1. The predicted molar refractivity (Wildman–Crippen MR) is 120 cm³/mol. The molecule has 8 nitrogen and oxygen atoms in total. The number of nitrogens with zero attached hydrogens (tertiary/aromatic N) is 3. The van der Waals surface area contributed by atoms with Crippen molar-refractivity contribution in [3.05, 3.63) is 80.1 Å². The highest BCUT2D eigenvalue weighted by molar-refractivity contribution is 5.96. The van der Waals surface area contributed by atoms with E-state index in [0.717, 1.165) is 21.4 Å². The molecule has 0 saturated heterocycles. The lowest BCUT2D eigenvalue weighted by Crippen LogP contribution is -2.37. The Balaban J connectivity index is 1.94. The monoisotopic (exact) mass is 433 g/mol. The topological polar surface area (TPSA) is 98.6 Å². The minimum atomic E-state index is -0.719. The molecule has 0 spiro atoms. The average Bonchev–Trinajstić information content (AvgIpc) is 3.12. The number of aromatic nitrogens is 3. The van der Waals surface area contributed by atoms with Gasteiger partial charge in [0.05, 0.1) is 28.9 Å². The predicted octanol–water partition coefficient (Wildman–Crippen LogP) is 2.54. The second-order valence-corrected chi connectivity index (χ2v) is 8.17. The molecule has 0 unspecified atom stereocenters. The van der Waals surface area contributed by atoms with E-state index >= 15 is 0 Å². The molecule has 3 heterocycles. The van der Waals surface area contributed by atoms with Crippen LogP contribution in [0, 0.1) is 6.92 Å². The van der Waals surface area contributed by atoms with Crippen LogP contribution in [0.4, 0.5) is 0 Å². The standard InChI is InChI=1S/C24H23N3O5/c1-13-4-6-14(7-5-13)19-18-20(25(2)24(31)26(3)23(18)30)21-22(32-11-10-27(19)21)16-9-8-15(28)12-17(16)29/h4-9,12,22,28-29H,10-11H2,1-3H3/t22-/m0/s1. The smallest absolute Gasteiger partial charge is 0.331 e. The van der Waals surface area contributed by atoms with E-state index in [9.17, 15) is 19.8 Å². The van der Waals surface area contributed by atoms with Crippen LogP contribution in [-0.4, -0.2) is 30.5 Å². The molecule has 2 aromatic heterocycles. The Kier molecular flexibility index (Phi) is 4.49. The van der Waals surface area contributed by atoms with Crippen LogP contribution in [0.2, 0.25) is 0 Å². The van der Waals surface area contributed by atoms with Crippen molar-refractivity contribution in [2.45, 2.75) is 19.6 Å². The van der Waals surface area contributed by atoms with Gasteiger partial charge in [-0.1, -0.05) is 29.8 Å². The highest BCUT2D eigenvalue weighted by Crippen LogP contribution is 2.43. The second-order valence-electron chi connectivity index (χ2n) is 8.17. The summed E-state index contributed by atoms with van der Waals surface area (Å²) in [5, 5.41) is 20.7. The molecule has 1 aliphatic heterocycles. The van der Waals surface area contributed by atoms with E-state index in [0.29, 0.717) is 35.3 Å². The molecule has 0 fully saturated rings. The third-order valence-electron chi connectivity index (χ3n) is 6.17. The summed E-state index contributed by atoms with van der Waals surface area (Å²) in [5.41, 5.74) is 3.41. The number of phenols is 2. The first-order valence-corrected chi connectivity index (χ1v) is 10.3. The Morgan fingerprint density at radius 2 is 1.72 bits per heavy atom. The van der Waals surface area contributed by atoms with Gasteiger partial charge in [-0.25, -0.2) is 4.79 Å². The fourth-order valence-electron chi connectivity index (χ4n) is 4.58. The molecule has 2 aromatic carbocycles. The number of aryl methyl sites for hydroxylation is 2. The van der Waals surface area contributed by atoms with E-state index in [1.165, 1.54) is 23.7 Å². The third-order valence-corrected chi connectivity index (χ3v) is 6.17. The summed E-state index contributed by atoms with van der Waals surface area (Å²) >= 11 is 0. The number of aromatic hydroxyl groups is 2. The average molecular weight is 433 g/mol. The van der Waals surface area contributed by atoms with Crippen LogP contribution in [-0.2, 0) is 25.4 Å². The first kappa shape index (κ1) is 20.1. The summed E-state index contributed by atoms with van der Waals surface area (Å²) in [4.78, 5) is 26.2. The van der Waals surface area contributed by atoms with Gasteiger partial charge in [-0.05, 0) is 24.6 Å². The van der Waals surface area contributed by atoms with Gasteiger partial charge in [-0.3, -0.25) is 13.9 Å². The zero-order valence-electron chi connectivity index (χ0n) is 18.0. The molecule has 0 amide bonds. The Morgan fingerprint density at radius 3 is 2.41 bits per heavy atom. The fourth-order valence-corrected chi connectivity index (χ4v) is 4.58. The highest BCUT2D eigenvalue weighted by Gasteiger charge is 2.34. The molecule has 8 heteroatoms.